The molecular formula is C15H22N2O2. The van der Waals surface area contributed by atoms with E-state index in [1.807, 2.05) is 30.3 Å². The van der Waals surface area contributed by atoms with Crippen molar-refractivity contribution in [2.75, 3.05) is 13.1 Å². The highest BCUT2D eigenvalue weighted by molar-refractivity contribution is 5.68. The Morgan fingerprint density at radius 2 is 2.11 bits per heavy atom. The number of amides is 1. The van der Waals surface area contributed by atoms with E-state index in [0.717, 1.165) is 37.9 Å². The van der Waals surface area contributed by atoms with Crippen LogP contribution < -0.4 is 10.6 Å². The fraction of sp³-hybridized carbons (Fsp3) is 0.533. The summed E-state index contributed by atoms with van der Waals surface area (Å²) >= 11 is 0. The second-order valence-corrected chi connectivity index (χ2v) is 5.35. The Kier molecular flexibility index (Phi) is 4.80. The highest BCUT2D eigenvalue weighted by atomic mass is 16.5. The molecule has 1 aliphatic heterocycles. The zero-order chi connectivity index (χ0) is 13.6. The highest BCUT2D eigenvalue weighted by Gasteiger charge is 2.27. The standard InChI is InChI=1S/C15H22N2O2/c1-15(8-5-10-16-11-9-15)17-14(18)19-12-13-6-3-2-4-7-13/h2-4,6-7,16H,5,8-12H2,1H3,(H,17,18). The summed E-state index contributed by atoms with van der Waals surface area (Å²) in [6, 6.07) is 9.72. The predicted octanol–water partition coefficient (Wildman–Crippen LogP) is 2.45. The minimum Gasteiger partial charge on any atom is -0.445 e. The molecule has 1 heterocycles. The number of hydrogen-bond acceptors (Lipinski definition) is 3. The number of nitrogens with one attached hydrogen (secondary N) is 2. The van der Waals surface area contributed by atoms with Crippen LogP contribution in [0, 0.1) is 0 Å². The maximum absolute atomic E-state index is 11.8. The van der Waals surface area contributed by atoms with Gasteiger partial charge in [0.2, 0.25) is 0 Å². The van der Waals surface area contributed by atoms with Crippen molar-refractivity contribution in [2.24, 2.45) is 0 Å². The number of benzene rings is 1. The van der Waals surface area contributed by atoms with Crippen molar-refractivity contribution in [3.05, 3.63) is 35.9 Å². The van der Waals surface area contributed by atoms with Gasteiger partial charge in [0.25, 0.3) is 0 Å². The second kappa shape index (κ2) is 6.57. The van der Waals surface area contributed by atoms with E-state index in [4.69, 9.17) is 4.74 Å². The minimum atomic E-state index is -0.326. The van der Waals surface area contributed by atoms with Gasteiger partial charge in [-0.25, -0.2) is 4.79 Å². The minimum absolute atomic E-state index is 0.155. The van der Waals surface area contributed by atoms with Gasteiger partial charge >= 0.3 is 6.09 Å². The maximum Gasteiger partial charge on any atom is 0.407 e. The van der Waals surface area contributed by atoms with Crippen LogP contribution >= 0.6 is 0 Å². The van der Waals surface area contributed by atoms with Crippen molar-refractivity contribution in [1.29, 1.82) is 0 Å². The number of alkyl carbamates (subject to hydrolysis) is 1. The van der Waals surface area contributed by atoms with E-state index < -0.39 is 0 Å². The molecule has 0 aromatic heterocycles. The Morgan fingerprint density at radius 1 is 1.32 bits per heavy atom. The topological polar surface area (TPSA) is 50.4 Å². The van der Waals surface area contributed by atoms with Crippen molar-refractivity contribution in [3.63, 3.8) is 0 Å². The molecule has 2 N–H and O–H groups in total. The number of carbonyl (C=O) groups excluding carboxylic acids is 1. The van der Waals surface area contributed by atoms with Crippen molar-refractivity contribution in [2.45, 2.75) is 38.3 Å². The summed E-state index contributed by atoms with van der Waals surface area (Å²) in [7, 11) is 0. The Bertz CT molecular complexity index is 398. The van der Waals surface area contributed by atoms with Gasteiger partial charge in [-0.15, -0.1) is 0 Å². The quantitative estimate of drug-likeness (QED) is 0.879. The Labute approximate surface area is 114 Å². The first kappa shape index (κ1) is 13.9. The van der Waals surface area contributed by atoms with Gasteiger partial charge < -0.3 is 15.4 Å². The van der Waals surface area contributed by atoms with E-state index in [0.29, 0.717) is 6.61 Å². The lowest BCUT2D eigenvalue weighted by Crippen LogP contribution is -2.46. The van der Waals surface area contributed by atoms with Crippen LogP contribution in [0.1, 0.15) is 31.7 Å². The first-order valence-electron chi connectivity index (χ1n) is 6.88. The molecule has 104 valence electrons. The number of carbonyl (C=O) groups is 1. The predicted molar refractivity (Wildman–Crippen MR) is 74.9 cm³/mol. The number of rotatable bonds is 3. The second-order valence-electron chi connectivity index (χ2n) is 5.35. The third kappa shape index (κ3) is 4.56. The fourth-order valence-corrected chi connectivity index (χ4v) is 2.35. The van der Waals surface area contributed by atoms with Crippen LogP contribution in [0.15, 0.2) is 30.3 Å². The molecule has 4 nitrogen and oxygen atoms in total. The smallest absolute Gasteiger partial charge is 0.407 e. The lowest BCUT2D eigenvalue weighted by atomic mass is 9.93. The van der Waals surface area contributed by atoms with Gasteiger partial charge in [0.15, 0.2) is 0 Å². The molecule has 1 aromatic rings. The summed E-state index contributed by atoms with van der Waals surface area (Å²) in [5, 5.41) is 6.35. The molecule has 0 bridgehead atoms. The molecule has 0 saturated carbocycles. The normalized spacial score (nSPS) is 23.4. The number of hydrogen-bond donors (Lipinski definition) is 2. The molecule has 4 heteroatoms. The summed E-state index contributed by atoms with van der Waals surface area (Å²) < 4.78 is 5.27. The van der Waals surface area contributed by atoms with Crippen LogP contribution in [-0.4, -0.2) is 24.7 Å². The van der Waals surface area contributed by atoms with E-state index in [1.54, 1.807) is 0 Å². The first-order valence-corrected chi connectivity index (χ1v) is 6.88. The molecule has 1 atom stereocenters. The zero-order valence-corrected chi connectivity index (χ0v) is 11.4. The highest BCUT2D eigenvalue weighted by Crippen LogP contribution is 2.18. The molecule has 0 radical (unpaired) electrons. The van der Waals surface area contributed by atoms with Crippen LogP contribution in [0.2, 0.25) is 0 Å². The summed E-state index contributed by atoms with van der Waals surface area (Å²) in [5.41, 5.74) is 0.849. The summed E-state index contributed by atoms with van der Waals surface area (Å²) in [5.74, 6) is 0. The molecule has 1 aliphatic rings. The summed E-state index contributed by atoms with van der Waals surface area (Å²) in [6.45, 7) is 4.37. The van der Waals surface area contributed by atoms with Crippen LogP contribution in [0.5, 0.6) is 0 Å². The van der Waals surface area contributed by atoms with E-state index >= 15 is 0 Å². The third-order valence-corrected chi connectivity index (χ3v) is 3.55. The SMILES string of the molecule is CC1(NC(=O)OCc2ccccc2)CCCNCC1. The fourth-order valence-electron chi connectivity index (χ4n) is 2.35. The van der Waals surface area contributed by atoms with E-state index in [2.05, 4.69) is 17.6 Å². The van der Waals surface area contributed by atoms with Gasteiger partial charge in [-0.2, -0.15) is 0 Å². The molecule has 19 heavy (non-hydrogen) atoms. The van der Waals surface area contributed by atoms with Gasteiger partial charge in [-0.1, -0.05) is 30.3 Å². The molecule has 1 fully saturated rings. The van der Waals surface area contributed by atoms with Crippen molar-refractivity contribution >= 4 is 6.09 Å². The maximum atomic E-state index is 11.8. The van der Waals surface area contributed by atoms with E-state index in [-0.39, 0.29) is 11.6 Å². The van der Waals surface area contributed by atoms with Crippen molar-refractivity contribution in [1.82, 2.24) is 10.6 Å². The lowest BCUT2D eigenvalue weighted by molar-refractivity contribution is 0.126. The molecule has 1 aromatic carbocycles. The van der Waals surface area contributed by atoms with Gasteiger partial charge in [0.1, 0.15) is 6.61 Å². The van der Waals surface area contributed by atoms with Gasteiger partial charge in [0, 0.05) is 5.54 Å². The average Bonchev–Trinajstić information content (AvgIpc) is 2.62. The Morgan fingerprint density at radius 3 is 2.89 bits per heavy atom. The van der Waals surface area contributed by atoms with Gasteiger partial charge in [-0.3, -0.25) is 0 Å². The van der Waals surface area contributed by atoms with Crippen molar-refractivity contribution < 1.29 is 9.53 Å². The van der Waals surface area contributed by atoms with Crippen molar-refractivity contribution in [3.8, 4) is 0 Å². The molecule has 0 spiro atoms. The average molecular weight is 262 g/mol. The molecule has 2 rings (SSSR count). The molecule has 0 aliphatic carbocycles. The first-order chi connectivity index (χ1) is 9.18. The molecular weight excluding hydrogens is 240 g/mol. The van der Waals surface area contributed by atoms with Crippen LogP contribution in [0.25, 0.3) is 0 Å². The third-order valence-electron chi connectivity index (χ3n) is 3.55. The van der Waals surface area contributed by atoms with Gasteiger partial charge in [0.05, 0.1) is 0 Å². The molecule has 1 unspecified atom stereocenters. The van der Waals surface area contributed by atoms with Crippen LogP contribution in [-0.2, 0) is 11.3 Å². The monoisotopic (exact) mass is 262 g/mol. The molecule has 1 amide bonds. The zero-order valence-electron chi connectivity index (χ0n) is 11.4. The van der Waals surface area contributed by atoms with E-state index in [9.17, 15) is 4.79 Å². The van der Waals surface area contributed by atoms with Crippen LogP contribution in [0.3, 0.4) is 0 Å². The Balaban J connectivity index is 1.80. The summed E-state index contributed by atoms with van der Waals surface area (Å²) in [6.07, 6.45) is 2.68. The van der Waals surface area contributed by atoms with Gasteiger partial charge in [-0.05, 0) is 44.8 Å². The largest absolute Gasteiger partial charge is 0.445 e. The molecule has 1 saturated heterocycles. The van der Waals surface area contributed by atoms with E-state index in [1.165, 1.54) is 0 Å². The number of ether oxygens (including phenoxy) is 1. The lowest BCUT2D eigenvalue weighted by Gasteiger charge is -2.28. The Hall–Kier alpha value is -1.55. The summed E-state index contributed by atoms with van der Waals surface area (Å²) in [4.78, 5) is 11.8. The van der Waals surface area contributed by atoms with Crippen LogP contribution in [0.4, 0.5) is 4.79 Å².